The normalized spacial score (nSPS) is 17.3. The zero-order chi connectivity index (χ0) is 23.4. The Bertz CT molecular complexity index is 1250. The number of sulfonamides is 1. The lowest BCUT2D eigenvalue weighted by Gasteiger charge is -2.24. The lowest BCUT2D eigenvalue weighted by atomic mass is 10.1. The van der Waals surface area contributed by atoms with Gasteiger partial charge in [0.05, 0.1) is 4.90 Å². The Hall–Kier alpha value is -3.43. The monoisotopic (exact) mass is 466 g/mol. The molecule has 1 saturated heterocycles. The largest absolute Gasteiger partial charge is 0.351 e. The van der Waals surface area contributed by atoms with Crippen molar-refractivity contribution in [1.82, 2.24) is 14.6 Å². The van der Waals surface area contributed by atoms with Crippen molar-refractivity contribution in [3.05, 3.63) is 72.9 Å². The van der Waals surface area contributed by atoms with Crippen LogP contribution in [-0.2, 0) is 14.8 Å². The maximum atomic E-state index is 13.2. The predicted octanol–water partition coefficient (Wildman–Crippen LogP) is 3.27. The van der Waals surface area contributed by atoms with Crippen molar-refractivity contribution >= 4 is 38.4 Å². The Morgan fingerprint density at radius 3 is 2.58 bits per heavy atom. The lowest BCUT2D eigenvalue weighted by molar-refractivity contribution is -0.117. The summed E-state index contributed by atoms with van der Waals surface area (Å²) in [6, 6.07) is 15.2. The highest BCUT2D eigenvalue weighted by molar-refractivity contribution is 7.89. The smallest absolute Gasteiger partial charge is 0.272 e. The van der Waals surface area contributed by atoms with Crippen LogP contribution in [0.5, 0.6) is 0 Å². The first kappa shape index (κ1) is 22.8. The molecule has 4 rings (SSSR count). The van der Waals surface area contributed by atoms with Crippen LogP contribution in [-0.4, -0.2) is 48.7 Å². The second kappa shape index (κ2) is 9.60. The first-order valence-electron chi connectivity index (χ1n) is 10.8. The first-order chi connectivity index (χ1) is 15.9. The molecule has 8 nitrogen and oxygen atoms in total. The minimum absolute atomic E-state index is 0.141. The molecule has 3 aromatic rings. The molecule has 2 heterocycles. The summed E-state index contributed by atoms with van der Waals surface area (Å²) in [7, 11) is -3.74. The van der Waals surface area contributed by atoms with Gasteiger partial charge in [0.1, 0.15) is 5.69 Å². The molecule has 0 radical (unpaired) electrons. The average Bonchev–Trinajstić information content (AvgIpc) is 3.11. The number of para-hydroxylation sites is 1. The van der Waals surface area contributed by atoms with E-state index in [0.29, 0.717) is 24.3 Å². The molecule has 1 aromatic heterocycles. The number of hydrogen-bond donors (Lipinski definition) is 3. The van der Waals surface area contributed by atoms with Crippen molar-refractivity contribution in [3.63, 3.8) is 0 Å². The molecule has 3 N–H and O–H groups in total. The molecule has 172 valence electrons. The summed E-state index contributed by atoms with van der Waals surface area (Å²) < 4.78 is 27.8. The predicted molar refractivity (Wildman–Crippen MR) is 127 cm³/mol. The number of hydrogen-bond acceptors (Lipinski definition) is 4. The van der Waals surface area contributed by atoms with Gasteiger partial charge in [-0.1, -0.05) is 31.2 Å². The topological polar surface area (TPSA) is 111 Å². The van der Waals surface area contributed by atoms with Crippen LogP contribution in [0, 0.1) is 0 Å². The van der Waals surface area contributed by atoms with Crippen LogP contribution in [0.4, 0.5) is 5.69 Å². The molecule has 0 saturated carbocycles. The van der Waals surface area contributed by atoms with Crippen LogP contribution in [0.2, 0.25) is 0 Å². The van der Waals surface area contributed by atoms with Gasteiger partial charge < -0.3 is 15.6 Å². The summed E-state index contributed by atoms with van der Waals surface area (Å²) in [5, 5.41) is 6.53. The number of aromatic amines is 1. The standard InChI is InChI=1S/C24H26N4O4S/c1-2-23(29)25-19-8-5-6-14-28(16-19)33(31,32)20-12-10-18(11-13-20)26-24(30)22-15-17-7-3-4-9-21(17)27-22/h2-4,7,9-13,15,19,27H,1,5-6,8,14,16H2,(H,25,29)(H,26,30). The van der Waals surface area contributed by atoms with Crippen molar-refractivity contribution in [2.45, 2.75) is 30.2 Å². The Balaban J connectivity index is 1.46. The van der Waals surface area contributed by atoms with E-state index in [2.05, 4.69) is 22.2 Å². The molecule has 2 aromatic carbocycles. The highest BCUT2D eigenvalue weighted by atomic mass is 32.2. The van der Waals surface area contributed by atoms with Gasteiger partial charge >= 0.3 is 0 Å². The minimum Gasteiger partial charge on any atom is -0.351 e. The molecule has 1 unspecified atom stereocenters. The fourth-order valence-corrected chi connectivity index (χ4v) is 5.48. The third-order valence-electron chi connectivity index (χ3n) is 5.69. The van der Waals surface area contributed by atoms with Gasteiger partial charge in [-0.15, -0.1) is 0 Å². The Labute approximate surface area is 192 Å². The number of nitrogens with zero attached hydrogens (tertiary/aromatic N) is 1. The first-order valence-corrected chi connectivity index (χ1v) is 12.2. The fourth-order valence-electron chi connectivity index (χ4n) is 3.96. The second-order valence-electron chi connectivity index (χ2n) is 8.02. The molecule has 0 bridgehead atoms. The summed E-state index contributed by atoms with van der Waals surface area (Å²) in [4.78, 5) is 27.5. The molecule has 0 spiro atoms. The average molecular weight is 467 g/mol. The SMILES string of the molecule is C=CC(=O)NC1CCCCN(S(=O)(=O)c2ccc(NC(=O)c3cc4ccccc4[nH]3)cc2)C1. The van der Waals surface area contributed by atoms with Gasteiger partial charge in [0.15, 0.2) is 0 Å². The molecule has 0 aliphatic carbocycles. The van der Waals surface area contributed by atoms with E-state index in [0.717, 1.165) is 23.7 Å². The van der Waals surface area contributed by atoms with Crippen LogP contribution >= 0.6 is 0 Å². The molecule has 33 heavy (non-hydrogen) atoms. The second-order valence-corrected chi connectivity index (χ2v) is 9.96. The van der Waals surface area contributed by atoms with Crippen LogP contribution in [0.15, 0.2) is 72.1 Å². The number of aromatic nitrogens is 1. The number of carbonyl (C=O) groups excluding carboxylic acids is 2. The van der Waals surface area contributed by atoms with Gasteiger partial charge in [0.2, 0.25) is 15.9 Å². The number of carbonyl (C=O) groups is 2. The maximum Gasteiger partial charge on any atom is 0.272 e. The lowest BCUT2D eigenvalue weighted by Crippen LogP contribution is -2.44. The third-order valence-corrected chi connectivity index (χ3v) is 7.57. The molecule has 2 amide bonds. The highest BCUT2D eigenvalue weighted by Crippen LogP contribution is 2.23. The van der Waals surface area contributed by atoms with E-state index < -0.39 is 10.0 Å². The fraction of sp³-hybridized carbons (Fsp3) is 0.250. The van der Waals surface area contributed by atoms with E-state index in [4.69, 9.17) is 0 Å². The Kier molecular flexibility index (Phi) is 6.62. The highest BCUT2D eigenvalue weighted by Gasteiger charge is 2.29. The number of anilines is 1. The zero-order valence-electron chi connectivity index (χ0n) is 18.1. The Morgan fingerprint density at radius 2 is 1.85 bits per heavy atom. The van der Waals surface area contributed by atoms with Gasteiger partial charge in [-0.25, -0.2) is 8.42 Å². The number of H-pyrrole nitrogens is 1. The van der Waals surface area contributed by atoms with E-state index in [9.17, 15) is 18.0 Å². The minimum atomic E-state index is -3.74. The molecular weight excluding hydrogens is 440 g/mol. The molecular formula is C24H26N4O4S. The van der Waals surface area contributed by atoms with Gasteiger partial charge in [-0.2, -0.15) is 4.31 Å². The maximum absolute atomic E-state index is 13.2. The van der Waals surface area contributed by atoms with Gasteiger partial charge in [-0.3, -0.25) is 9.59 Å². The van der Waals surface area contributed by atoms with Crippen LogP contribution in [0.3, 0.4) is 0 Å². The van der Waals surface area contributed by atoms with Crippen LogP contribution < -0.4 is 10.6 Å². The van der Waals surface area contributed by atoms with E-state index in [-0.39, 0.29) is 29.3 Å². The van der Waals surface area contributed by atoms with Crippen LogP contribution in [0.25, 0.3) is 10.9 Å². The Morgan fingerprint density at radius 1 is 1.09 bits per heavy atom. The van der Waals surface area contributed by atoms with Crippen molar-refractivity contribution in [3.8, 4) is 0 Å². The van der Waals surface area contributed by atoms with E-state index in [1.807, 2.05) is 24.3 Å². The quantitative estimate of drug-likeness (QED) is 0.484. The summed E-state index contributed by atoms with van der Waals surface area (Å²) in [5.41, 5.74) is 1.78. The van der Waals surface area contributed by atoms with E-state index in [1.165, 1.54) is 22.5 Å². The molecule has 9 heteroatoms. The molecule has 1 fully saturated rings. The van der Waals surface area contributed by atoms with Crippen molar-refractivity contribution in [2.75, 3.05) is 18.4 Å². The van der Waals surface area contributed by atoms with Crippen molar-refractivity contribution in [2.24, 2.45) is 0 Å². The number of rotatable bonds is 6. The van der Waals surface area contributed by atoms with Gasteiger partial charge in [0, 0.05) is 35.7 Å². The number of nitrogens with one attached hydrogen (secondary N) is 3. The summed E-state index contributed by atoms with van der Waals surface area (Å²) >= 11 is 0. The number of amides is 2. The molecule has 1 atom stereocenters. The summed E-state index contributed by atoms with van der Waals surface area (Å²) in [6.45, 7) is 4.05. The number of benzene rings is 2. The van der Waals surface area contributed by atoms with E-state index in [1.54, 1.807) is 18.2 Å². The molecule has 1 aliphatic rings. The van der Waals surface area contributed by atoms with Crippen LogP contribution in [0.1, 0.15) is 29.8 Å². The summed E-state index contributed by atoms with van der Waals surface area (Å²) in [5.74, 6) is -0.621. The number of fused-ring (bicyclic) bond motifs is 1. The van der Waals surface area contributed by atoms with Gasteiger partial charge in [-0.05, 0) is 55.3 Å². The molecule has 1 aliphatic heterocycles. The van der Waals surface area contributed by atoms with Crippen molar-refractivity contribution in [1.29, 1.82) is 0 Å². The van der Waals surface area contributed by atoms with E-state index >= 15 is 0 Å². The van der Waals surface area contributed by atoms with Crippen molar-refractivity contribution < 1.29 is 18.0 Å². The van der Waals surface area contributed by atoms with Gasteiger partial charge in [0.25, 0.3) is 5.91 Å². The zero-order valence-corrected chi connectivity index (χ0v) is 18.9. The third kappa shape index (κ3) is 5.15. The summed E-state index contributed by atoms with van der Waals surface area (Å²) in [6.07, 6.45) is 3.45.